The molecule has 1 amide bonds. The molecule has 106 valence electrons. The Hall–Kier alpha value is -0.850. The third-order valence-electron chi connectivity index (χ3n) is 3.09. The van der Waals surface area contributed by atoms with E-state index in [2.05, 4.69) is 32.5 Å². The minimum absolute atomic E-state index is 0.0121. The number of amides is 1. The van der Waals surface area contributed by atoms with Crippen LogP contribution in [0.5, 0.6) is 0 Å². The van der Waals surface area contributed by atoms with Crippen LogP contribution in [0.2, 0.25) is 0 Å². The molecule has 0 spiro atoms. The van der Waals surface area contributed by atoms with E-state index in [1.54, 1.807) is 34.4 Å². The summed E-state index contributed by atoms with van der Waals surface area (Å²) >= 11 is 5.01. The van der Waals surface area contributed by atoms with Crippen LogP contribution in [-0.4, -0.2) is 22.2 Å². The molecule has 1 aliphatic carbocycles. The van der Waals surface area contributed by atoms with E-state index in [-0.39, 0.29) is 11.2 Å². The van der Waals surface area contributed by atoms with Crippen molar-refractivity contribution in [1.29, 1.82) is 0 Å². The summed E-state index contributed by atoms with van der Waals surface area (Å²) in [6.07, 6.45) is 2.28. The van der Waals surface area contributed by atoms with Gasteiger partial charge >= 0.3 is 0 Å². The quantitative estimate of drug-likeness (QED) is 0.879. The Bertz CT molecular complexity index is 575. The van der Waals surface area contributed by atoms with Crippen molar-refractivity contribution in [2.75, 3.05) is 0 Å². The number of hydrogen-bond donors (Lipinski definition) is 1. The van der Waals surface area contributed by atoms with Crippen molar-refractivity contribution in [2.24, 2.45) is 0 Å². The molecule has 1 aliphatic rings. The van der Waals surface area contributed by atoms with Crippen LogP contribution in [0.3, 0.4) is 0 Å². The zero-order valence-corrected chi connectivity index (χ0v) is 13.6. The molecule has 1 N–H and O–H groups in total. The highest BCUT2D eigenvalue weighted by Crippen LogP contribution is 2.28. The van der Waals surface area contributed by atoms with E-state index in [1.807, 2.05) is 6.92 Å². The standard InChI is InChI=1S/C14H16N2OS3/c1-9(13(17)15-11-2-3-11)19-7-12-8-20-14(16-12)10-4-5-18-6-10/h4-6,8-9,11H,2-3,7H2,1H3,(H,15,17). The fourth-order valence-corrected chi connectivity index (χ4v) is 4.15. The summed E-state index contributed by atoms with van der Waals surface area (Å²) in [6.45, 7) is 1.97. The average molecular weight is 324 g/mol. The van der Waals surface area contributed by atoms with Gasteiger partial charge in [-0.05, 0) is 31.2 Å². The summed E-state index contributed by atoms with van der Waals surface area (Å²) in [5.74, 6) is 0.950. The Morgan fingerprint density at radius 2 is 2.40 bits per heavy atom. The lowest BCUT2D eigenvalue weighted by Gasteiger charge is -2.10. The lowest BCUT2D eigenvalue weighted by atomic mass is 10.4. The molecule has 1 unspecified atom stereocenters. The van der Waals surface area contributed by atoms with Crippen LogP contribution in [-0.2, 0) is 10.5 Å². The van der Waals surface area contributed by atoms with Crippen molar-refractivity contribution < 1.29 is 4.79 Å². The molecule has 2 aromatic rings. The number of rotatable bonds is 6. The fourth-order valence-electron chi connectivity index (χ4n) is 1.72. The predicted molar refractivity (Wildman–Crippen MR) is 87.3 cm³/mol. The molecule has 0 aliphatic heterocycles. The maximum absolute atomic E-state index is 11.9. The second-order valence-electron chi connectivity index (χ2n) is 4.89. The van der Waals surface area contributed by atoms with Crippen LogP contribution in [0.15, 0.2) is 22.2 Å². The first-order chi connectivity index (χ1) is 9.72. The Balaban J connectivity index is 1.51. The van der Waals surface area contributed by atoms with Crippen molar-refractivity contribution in [1.82, 2.24) is 10.3 Å². The molecule has 1 fully saturated rings. The molecule has 6 heteroatoms. The number of carbonyl (C=O) groups excluding carboxylic acids is 1. The summed E-state index contributed by atoms with van der Waals surface area (Å²) in [4.78, 5) is 16.5. The number of thiophene rings is 1. The summed E-state index contributed by atoms with van der Waals surface area (Å²) in [7, 11) is 0. The van der Waals surface area contributed by atoms with Crippen molar-refractivity contribution in [3.05, 3.63) is 27.9 Å². The normalized spacial score (nSPS) is 16.1. The molecule has 0 saturated heterocycles. The van der Waals surface area contributed by atoms with E-state index in [1.165, 1.54) is 5.56 Å². The van der Waals surface area contributed by atoms with Crippen LogP contribution < -0.4 is 5.32 Å². The SMILES string of the molecule is CC(SCc1csc(-c2ccsc2)n1)C(=O)NC1CC1. The summed E-state index contributed by atoms with van der Waals surface area (Å²) < 4.78 is 0. The summed E-state index contributed by atoms with van der Waals surface area (Å²) in [5.41, 5.74) is 2.25. The minimum Gasteiger partial charge on any atom is -0.352 e. The highest BCUT2D eigenvalue weighted by atomic mass is 32.2. The summed E-state index contributed by atoms with van der Waals surface area (Å²) in [6, 6.07) is 2.53. The molecule has 0 aromatic carbocycles. The molecule has 0 bridgehead atoms. The first-order valence-electron chi connectivity index (χ1n) is 6.61. The molecule has 1 atom stereocenters. The number of hydrogen-bond acceptors (Lipinski definition) is 5. The maximum atomic E-state index is 11.9. The highest BCUT2D eigenvalue weighted by molar-refractivity contribution is 7.99. The molecule has 3 nitrogen and oxygen atoms in total. The molecule has 3 rings (SSSR count). The maximum Gasteiger partial charge on any atom is 0.233 e. The smallest absolute Gasteiger partial charge is 0.233 e. The number of carbonyl (C=O) groups is 1. The van der Waals surface area contributed by atoms with Gasteiger partial charge in [-0.1, -0.05) is 0 Å². The first kappa shape index (κ1) is 14.1. The minimum atomic E-state index is -0.0121. The molecule has 1 saturated carbocycles. The zero-order chi connectivity index (χ0) is 13.9. The third kappa shape index (κ3) is 3.62. The molecule has 20 heavy (non-hydrogen) atoms. The van der Waals surface area contributed by atoms with Gasteiger partial charge in [0.15, 0.2) is 0 Å². The Kier molecular flexibility index (Phi) is 4.43. The molecule has 2 aromatic heterocycles. The van der Waals surface area contributed by atoms with E-state index in [9.17, 15) is 4.79 Å². The number of thiazole rings is 1. The van der Waals surface area contributed by atoms with E-state index in [0.717, 1.165) is 29.3 Å². The lowest BCUT2D eigenvalue weighted by molar-refractivity contribution is -0.120. The molecular formula is C14H16N2OS3. The van der Waals surface area contributed by atoms with Gasteiger partial charge in [-0.3, -0.25) is 4.79 Å². The second-order valence-corrected chi connectivity index (χ2v) is 7.86. The Morgan fingerprint density at radius 1 is 1.55 bits per heavy atom. The van der Waals surface area contributed by atoms with Crippen LogP contribution in [0, 0.1) is 0 Å². The lowest BCUT2D eigenvalue weighted by Crippen LogP contribution is -2.32. The van der Waals surface area contributed by atoms with Gasteiger partial charge in [0.25, 0.3) is 0 Å². The number of aromatic nitrogens is 1. The van der Waals surface area contributed by atoms with Gasteiger partial charge in [0, 0.05) is 28.1 Å². The number of nitrogens with one attached hydrogen (secondary N) is 1. The largest absolute Gasteiger partial charge is 0.352 e. The zero-order valence-electron chi connectivity index (χ0n) is 11.2. The monoisotopic (exact) mass is 324 g/mol. The van der Waals surface area contributed by atoms with E-state index < -0.39 is 0 Å². The van der Waals surface area contributed by atoms with E-state index in [4.69, 9.17) is 0 Å². The third-order valence-corrected chi connectivity index (χ3v) is 5.89. The van der Waals surface area contributed by atoms with Gasteiger partial charge in [0.2, 0.25) is 5.91 Å². The van der Waals surface area contributed by atoms with E-state index in [0.29, 0.717) is 6.04 Å². The Labute approximate surface area is 130 Å². The fraction of sp³-hybridized carbons (Fsp3) is 0.429. The van der Waals surface area contributed by atoms with Gasteiger partial charge in [-0.2, -0.15) is 11.3 Å². The van der Waals surface area contributed by atoms with Crippen LogP contribution in [0.25, 0.3) is 10.6 Å². The number of nitrogens with zero attached hydrogens (tertiary/aromatic N) is 1. The average Bonchev–Trinajstić information content (AvgIpc) is 2.97. The highest BCUT2D eigenvalue weighted by Gasteiger charge is 2.25. The Morgan fingerprint density at radius 3 is 3.10 bits per heavy atom. The van der Waals surface area contributed by atoms with Crippen molar-refractivity contribution >= 4 is 40.3 Å². The van der Waals surface area contributed by atoms with Gasteiger partial charge in [-0.25, -0.2) is 4.98 Å². The van der Waals surface area contributed by atoms with Crippen molar-refractivity contribution in [3.63, 3.8) is 0 Å². The van der Waals surface area contributed by atoms with Gasteiger partial charge in [0.05, 0.1) is 10.9 Å². The van der Waals surface area contributed by atoms with Crippen LogP contribution in [0.1, 0.15) is 25.5 Å². The second kappa shape index (κ2) is 6.28. The van der Waals surface area contributed by atoms with Crippen molar-refractivity contribution in [2.45, 2.75) is 36.8 Å². The van der Waals surface area contributed by atoms with Gasteiger partial charge in [0.1, 0.15) is 5.01 Å². The summed E-state index contributed by atoms with van der Waals surface area (Å²) in [5, 5.41) is 10.4. The topological polar surface area (TPSA) is 42.0 Å². The predicted octanol–water partition coefficient (Wildman–Crippen LogP) is 3.77. The first-order valence-corrected chi connectivity index (χ1v) is 9.48. The van der Waals surface area contributed by atoms with Gasteiger partial charge < -0.3 is 5.32 Å². The number of thioether (sulfide) groups is 1. The van der Waals surface area contributed by atoms with Gasteiger partial charge in [-0.15, -0.1) is 23.1 Å². The van der Waals surface area contributed by atoms with Crippen molar-refractivity contribution in [3.8, 4) is 10.6 Å². The van der Waals surface area contributed by atoms with Crippen LogP contribution >= 0.6 is 34.4 Å². The van der Waals surface area contributed by atoms with E-state index >= 15 is 0 Å². The van der Waals surface area contributed by atoms with Crippen LogP contribution in [0.4, 0.5) is 0 Å². The molecule has 2 heterocycles. The molecular weight excluding hydrogens is 308 g/mol. The molecule has 0 radical (unpaired) electrons.